The van der Waals surface area contributed by atoms with Crippen LogP contribution < -0.4 is 14.8 Å². The van der Waals surface area contributed by atoms with Crippen molar-refractivity contribution in [3.63, 3.8) is 0 Å². The van der Waals surface area contributed by atoms with Gasteiger partial charge in [0.05, 0.1) is 7.11 Å². The predicted octanol–water partition coefficient (Wildman–Crippen LogP) is 2.84. The van der Waals surface area contributed by atoms with E-state index in [4.69, 9.17) is 9.47 Å². The summed E-state index contributed by atoms with van der Waals surface area (Å²) in [5.74, 6) is 7.88. The summed E-state index contributed by atoms with van der Waals surface area (Å²) in [5.41, 5.74) is 1.10. The van der Waals surface area contributed by atoms with E-state index in [0.29, 0.717) is 12.5 Å². The van der Waals surface area contributed by atoms with Crippen LogP contribution in [0.25, 0.3) is 0 Å². The van der Waals surface area contributed by atoms with E-state index in [1.807, 2.05) is 18.2 Å². The molecule has 0 aliphatic carbocycles. The Kier molecular flexibility index (Phi) is 6.84. The Bertz CT molecular complexity index is 444. The molecule has 104 valence electrons. The van der Waals surface area contributed by atoms with Crippen LogP contribution in [0.4, 0.5) is 0 Å². The van der Waals surface area contributed by atoms with Crippen LogP contribution in [0.2, 0.25) is 0 Å². The molecule has 0 heterocycles. The number of nitrogens with one attached hydrogen (secondary N) is 1. The molecular formula is C16H23NO2. The maximum Gasteiger partial charge on any atom is 0.167 e. The molecule has 1 rings (SSSR count). The maximum absolute atomic E-state index is 5.72. The largest absolute Gasteiger partial charge is 0.493 e. The topological polar surface area (TPSA) is 30.5 Å². The second-order valence-electron chi connectivity index (χ2n) is 4.69. The van der Waals surface area contributed by atoms with E-state index in [9.17, 15) is 0 Å². The predicted molar refractivity (Wildman–Crippen MR) is 78.5 cm³/mol. The highest BCUT2D eigenvalue weighted by atomic mass is 16.5. The van der Waals surface area contributed by atoms with Gasteiger partial charge in [0.25, 0.3) is 0 Å². The first kappa shape index (κ1) is 15.4. The summed E-state index contributed by atoms with van der Waals surface area (Å²) in [6, 6.07) is 5.93. The van der Waals surface area contributed by atoms with Gasteiger partial charge in [0, 0.05) is 12.1 Å². The minimum atomic E-state index is 0.383. The van der Waals surface area contributed by atoms with Gasteiger partial charge in [-0.2, -0.15) is 0 Å². The molecule has 1 N–H and O–H groups in total. The van der Waals surface area contributed by atoms with Gasteiger partial charge < -0.3 is 14.8 Å². The molecule has 0 spiro atoms. The van der Waals surface area contributed by atoms with E-state index < -0.39 is 0 Å². The third-order valence-corrected chi connectivity index (χ3v) is 2.61. The lowest BCUT2D eigenvalue weighted by atomic mass is 10.1. The lowest BCUT2D eigenvalue weighted by molar-refractivity contribution is 0.326. The molecule has 0 saturated carbocycles. The lowest BCUT2D eigenvalue weighted by Crippen LogP contribution is -2.19. The van der Waals surface area contributed by atoms with Crippen molar-refractivity contribution in [2.45, 2.75) is 27.3 Å². The maximum atomic E-state index is 5.72. The van der Waals surface area contributed by atoms with Gasteiger partial charge in [-0.1, -0.05) is 31.9 Å². The number of hydrogen-bond acceptors (Lipinski definition) is 3. The van der Waals surface area contributed by atoms with E-state index in [-0.39, 0.29) is 0 Å². The minimum absolute atomic E-state index is 0.383. The molecule has 0 amide bonds. The second-order valence-corrected chi connectivity index (χ2v) is 4.69. The first-order chi connectivity index (χ1) is 9.19. The van der Waals surface area contributed by atoms with Gasteiger partial charge in [-0.25, -0.2) is 0 Å². The molecule has 0 aromatic heterocycles. The van der Waals surface area contributed by atoms with Crippen LogP contribution in [-0.2, 0) is 6.54 Å². The summed E-state index contributed by atoms with van der Waals surface area (Å²) in [4.78, 5) is 0. The van der Waals surface area contributed by atoms with Crippen molar-refractivity contribution in [3.05, 3.63) is 23.8 Å². The number of para-hydroxylation sites is 1. The standard InChI is InChI=1S/C16H23NO2/c1-5-6-10-19-16-14(12-17-11-13(2)3)8-7-9-15(16)18-4/h7-9,13,17H,10-12H2,1-4H3. The third-order valence-electron chi connectivity index (χ3n) is 2.61. The summed E-state index contributed by atoms with van der Waals surface area (Å²) in [7, 11) is 1.65. The Hall–Kier alpha value is -1.66. The molecule has 0 atom stereocenters. The molecule has 19 heavy (non-hydrogen) atoms. The van der Waals surface area contributed by atoms with Crippen molar-refractivity contribution in [3.8, 4) is 23.3 Å². The van der Waals surface area contributed by atoms with Crippen LogP contribution in [0.1, 0.15) is 26.3 Å². The number of rotatable bonds is 7. The van der Waals surface area contributed by atoms with Gasteiger partial charge in [-0.05, 0) is 25.5 Å². The first-order valence-corrected chi connectivity index (χ1v) is 6.58. The van der Waals surface area contributed by atoms with Gasteiger partial charge in [0.2, 0.25) is 0 Å². The summed E-state index contributed by atoms with van der Waals surface area (Å²) in [6.45, 7) is 8.31. The molecule has 0 bridgehead atoms. The first-order valence-electron chi connectivity index (χ1n) is 6.58. The van der Waals surface area contributed by atoms with Crippen molar-refractivity contribution in [1.82, 2.24) is 5.32 Å². The average Bonchev–Trinajstić information content (AvgIpc) is 2.39. The van der Waals surface area contributed by atoms with Gasteiger partial charge in [0.15, 0.2) is 11.5 Å². The number of methoxy groups -OCH3 is 1. The second kappa shape index (κ2) is 8.44. The van der Waals surface area contributed by atoms with Gasteiger partial charge >= 0.3 is 0 Å². The lowest BCUT2D eigenvalue weighted by Gasteiger charge is -2.14. The number of benzene rings is 1. The highest BCUT2D eigenvalue weighted by Gasteiger charge is 2.10. The summed E-state index contributed by atoms with van der Waals surface area (Å²) >= 11 is 0. The number of hydrogen-bond donors (Lipinski definition) is 1. The highest BCUT2D eigenvalue weighted by Crippen LogP contribution is 2.30. The monoisotopic (exact) mass is 261 g/mol. The van der Waals surface area contributed by atoms with Crippen molar-refractivity contribution in [2.24, 2.45) is 5.92 Å². The Morgan fingerprint density at radius 2 is 2.11 bits per heavy atom. The Morgan fingerprint density at radius 1 is 1.32 bits per heavy atom. The quantitative estimate of drug-likeness (QED) is 0.766. The molecule has 0 aliphatic heterocycles. The summed E-state index contributed by atoms with van der Waals surface area (Å²) in [5, 5.41) is 3.41. The molecule has 3 nitrogen and oxygen atoms in total. The molecule has 3 heteroatoms. The summed E-state index contributed by atoms with van der Waals surface area (Å²) in [6.07, 6.45) is 0. The number of ether oxygens (including phenoxy) is 2. The Labute approximate surface area is 116 Å². The SMILES string of the molecule is CC#CCOc1c(CNCC(C)C)cccc1OC. The zero-order valence-electron chi connectivity index (χ0n) is 12.2. The van der Waals surface area contributed by atoms with Crippen molar-refractivity contribution < 1.29 is 9.47 Å². The molecular weight excluding hydrogens is 238 g/mol. The Balaban J connectivity index is 2.78. The zero-order valence-corrected chi connectivity index (χ0v) is 12.2. The van der Waals surface area contributed by atoms with Gasteiger partial charge in [0.1, 0.15) is 6.61 Å². The van der Waals surface area contributed by atoms with Crippen molar-refractivity contribution in [2.75, 3.05) is 20.3 Å². The van der Waals surface area contributed by atoms with Crippen LogP contribution >= 0.6 is 0 Å². The Morgan fingerprint density at radius 3 is 2.74 bits per heavy atom. The molecule has 0 unspecified atom stereocenters. The van der Waals surface area contributed by atoms with Crippen LogP contribution in [0, 0.1) is 17.8 Å². The molecule has 0 fully saturated rings. The van der Waals surface area contributed by atoms with Crippen LogP contribution in [0.15, 0.2) is 18.2 Å². The van der Waals surface area contributed by atoms with E-state index in [1.165, 1.54) is 0 Å². The minimum Gasteiger partial charge on any atom is -0.493 e. The van der Waals surface area contributed by atoms with E-state index in [1.54, 1.807) is 14.0 Å². The van der Waals surface area contributed by atoms with Crippen LogP contribution in [0.3, 0.4) is 0 Å². The molecule has 0 radical (unpaired) electrons. The van der Waals surface area contributed by atoms with E-state index in [2.05, 4.69) is 31.0 Å². The van der Waals surface area contributed by atoms with E-state index in [0.717, 1.165) is 30.2 Å². The molecule has 1 aromatic carbocycles. The fourth-order valence-electron chi connectivity index (χ4n) is 1.70. The van der Waals surface area contributed by atoms with Crippen LogP contribution in [-0.4, -0.2) is 20.3 Å². The molecule has 1 aromatic rings. The highest BCUT2D eigenvalue weighted by molar-refractivity contribution is 5.46. The zero-order chi connectivity index (χ0) is 14.1. The van der Waals surface area contributed by atoms with Crippen molar-refractivity contribution in [1.29, 1.82) is 0 Å². The molecule has 0 saturated heterocycles. The normalized spacial score (nSPS) is 9.95. The summed E-state index contributed by atoms with van der Waals surface area (Å²) < 4.78 is 11.1. The van der Waals surface area contributed by atoms with E-state index >= 15 is 0 Å². The smallest absolute Gasteiger partial charge is 0.167 e. The molecule has 0 aliphatic rings. The van der Waals surface area contributed by atoms with Gasteiger partial charge in [-0.15, -0.1) is 5.92 Å². The fourth-order valence-corrected chi connectivity index (χ4v) is 1.70. The third kappa shape index (κ3) is 5.23. The van der Waals surface area contributed by atoms with Gasteiger partial charge in [-0.3, -0.25) is 0 Å². The van der Waals surface area contributed by atoms with Crippen LogP contribution in [0.5, 0.6) is 11.5 Å². The fraction of sp³-hybridized carbons (Fsp3) is 0.500. The van der Waals surface area contributed by atoms with Crippen molar-refractivity contribution >= 4 is 0 Å². The average molecular weight is 261 g/mol.